The number of hydrogen-bond donors (Lipinski definition) is 3. The van der Waals surface area contributed by atoms with Crippen molar-refractivity contribution in [2.24, 2.45) is 5.92 Å². The molecule has 1 aliphatic rings. The second-order valence-electron chi connectivity index (χ2n) is 9.46. The van der Waals surface area contributed by atoms with E-state index >= 15 is 4.39 Å². The minimum absolute atomic E-state index is 0.308. The van der Waals surface area contributed by atoms with Gasteiger partial charge in [-0.25, -0.2) is 13.8 Å². The molecule has 2 aromatic carbocycles. The molecule has 0 amide bonds. The van der Waals surface area contributed by atoms with Crippen LogP contribution in [0.2, 0.25) is 0 Å². The Morgan fingerprint density at radius 1 is 0.974 bits per heavy atom. The summed E-state index contributed by atoms with van der Waals surface area (Å²) >= 11 is 0. The predicted octanol–water partition coefficient (Wildman–Crippen LogP) is 6.84. The molecular weight excluding hydrogens is 484 g/mol. The minimum Gasteiger partial charge on any atom is -0.358 e. The molecule has 186 valence electrons. The summed E-state index contributed by atoms with van der Waals surface area (Å²) in [6, 6.07) is 13.3. The topological polar surface area (TPSA) is 95.2 Å². The molecule has 0 atom stereocenters. The highest BCUT2D eigenvalue weighted by atomic mass is 19.1. The number of benzene rings is 2. The average molecular weight is 506 g/mol. The summed E-state index contributed by atoms with van der Waals surface area (Å²) in [4.78, 5) is 16.7. The number of aromatic amines is 2. The molecule has 1 aliphatic carbocycles. The molecule has 1 fully saturated rings. The van der Waals surface area contributed by atoms with Crippen LogP contribution in [-0.2, 0) is 0 Å². The Morgan fingerprint density at radius 2 is 1.87 bits per heavy atom. The van der Waals surface area contributed by atoms with Gasteiger partial charge in [0.1, 0.15) is 22.8 Å². The number of fused-ring (bicyclic) bond motifs is 2. The number of hydrogen-bond acceptors (Lipinski definition) is 5. The van der Waals surface area contributed by atoms with Crippen LogP contribution in [0.3, 0.4) is 0 Å². The lowest BCUT2D eigenvalue weighted by atomic mass is 10.0. The van der Waals surface area contributed by atoms with Crippen LogP contribution in [0.1, 0.15) is 12.8 Å². The highest BCUT2D eigenvalue weighted by molar-refractivity contribution is 5.98. The molecule has 4 heterocycles. The van der Waals surface area contributed by atoms with Crippen LogP contribution in [0, 0.1) is 17.6 Å². The quantitative estimate of drug-likeness (QED) is 0.230. The third kappa shape index (κ3) is 3.80. The van der Waals surface area contributed by atoms with Crippen molar-refractivity contribution in [3.8, 4) is 33.9 Å². The Morgan fingerprint density at radius 3 is 2.71 bits per heavy atom. The molecule has 1 saturated carbocycles. The van der Waals surface area contributed by atoms with Gasteiger partial charge in [0, 0.05) is 34.8 Å². The first-order chi connectivity index (χ1) is 18.5. The minimum atomic E-state index is -0.435. The first-order valence-electron chi connectivity index (χ1n) is 12.2. The number of rotatable bonds is 6. The summed E-state index contributed by atoms with van der Waals surface area (Å²) < 4.78 is 30.0. The van der Waals surface area contributed by atoms with Crippen molar-refractivity contribution in [2.45, 2.75) is 12.8 Å². The molecule has 3 N–H and O–H groups in total. The number of allylic oxidation sites excluding steroid dienone is 1. The molecule has 0 bridgehead atoms. The number of nitrogens with one attached hydrogen (secondary N) is 3. The van der Waals surface area contributed by atoms with E-state index in [-0.39, 0.29) is 5.82 Å². The largest absolute Gasteiger partial charge is 0.358 e. The van der Waals surface area contributed by atoms with Gasteiger partial charge in [-0.2, -0.15) is 5.10 Å². The fourth-order valence-electron chi connectivity index (χ4n) is 4.74. The first-order valence-corrected chi connectivity index (χ1v) is 12.2. The normalized spacial score (nSPS) is 13.3. The predicted molar refractivity (Wildman–Crippen MR) is 143 cm³/mol. The number of aromatic nitrogens is 6. The molecule has 38 heavy (non-hydrogen) atoms. The maximum atomic E-state index is 16.1. The Labute approximate surface area is 215 Å². The molecule has 0 saturated heterocycles. The summed E-state index contributed by atoms with van der Waals surface area (Å²) in [5.74, 6) is 0.0635. The molecule has 4 aromatic heterocycles. The number of halogens is 2. The lowest BCUT2D eigenvalue weighted by Crippen LogP contribution is -2.00. The molecule has 6 aromatic rings. The molecule has 0 radical (unpaired) electrons. The Bertz CT molecular complexity index is 1870. The molecule has 0 aliphatic heterocycles. The van der Waals surface area contributed by atoms with E-state index in [1.165, 1.54) is 12.1 Å². The van der Waals surface area contributed by atoms with E-state index in [1.807, 2.05) is 6.07 Å². The number of pyridine rings is 2. The van der Waals surface area contributed by atoms with Gasteiger partial charge < -0.3 is 10.3 Å². The van der Waals surface area contributed by atoms with E-state index in [0.717, 1.165) is 24.2 Å². The number of nitrogens with zero attached hydrogens (tertiary/aromatic N) is 4. The van der Waals surface area contributed by atoms with Crippen molar-refractivity contribution >= 4 is 27.6 Å². The zero-order valence-electron chi connectivity index (χ0n) is 20.1. The Balaban J connectivity index is 1.32. The second kappa shape index (κ2) is 8.58. The third-order valence-corrected chi connectivity index (χ3v) is 6.81. The summed E-state index contributed by atoms with van der Waals surface area (Å²) in [5.41, 5.74) is 5.96. The molecule has 7 rings (SSSR count). The van der Waals surface area contributed by atoms with E-state index in [1.54, 1.807) is 48.9 Å². The fraction of sp³-hybridized carbons (Fsp3) is 0.103. The second-order valence-corrected chi connectivity index (χ2v) is 9.46. The SMILES string of the molecule is C=C(Nc1cncc(-c2ccc3[nH]nc(-c4nc5c(-c6cccc(F)c6)nccc5[nH]4)c3c2F)c1)C1CC1. The van der Waals surface area contributed by atoms with Gasteiger partial charge in [0.15, 0.2) is 5.82 Å². The van der Waals surface area contributed by atoms with Crippen LogP contribution in [-0.4, -0.2) is 30.1 Å². The fourth-order valence-corrected chi connectivity index (χ4v) is 4.74. The van der Waals surface area contributed by atoms with Crippen molar-refractivity contribution in [1.29, 1.82) is 0 Å². The number of imidazole rings is 1. The maximum Gasteiger partial charge on any atom is 0.159 e. The van der Waals surface area contributed by atoms with Crippen molar-refractivity contribution in [1.82, 2.24) is 30.1 Å². The Kier molecular flexibility index (Phi) is 5.04. The molecule has 0 unspecified atom stereocenters. The van der Waals surface area contributed by atoms with Gasteiger partial charge in [-0.1, -0.05) is 18.7 Å². The molecule has 9 heteroatoms. The van der Waals surface area contributed by atoms with Gasteiger partial charge in [0.25, 0.3) is 0 Å². The van der Waals surface area contributed by atoms with Crippen molar-refractivity contribution < 1.29 is 8.78 Å². The zero-order valence-corrected chi connectivity index (χ0v) is 20.1. The van der Waals surface area contributed by atoms with Crippen molar-refractivity contribution in [3.05, 3.63) is 91.0 Å². The van der Waals surface area contributed by atoms with Gasteiger partial charge >= 0.3 is 0 Å². The highest BCUT2D eigenvalue weighted by Gasteiger charge is 2.25. The van der Waals surface area contributed by atoms with Crippen molar-refractivity contribution in [3.63, 3.8) is 0 Å². The van der Waals surface area contributed by atoms with Crippen LogP contribution in [0.15, 0.2) is 79.4 Å². The molecule has 7 nitrogen and oxygen atoms in total. The average Bonchev–Trinajstić information content (AvgIpc) is 3.54. The maximum absolute atomic E-state index is 16.1. The standard InChI is InChI=1S/C29H21F2N7/c1-15(16-5-6-16)34-20-12-18(13-32-14-20)21-7-8-22-24(25(21)31)28(38-37-22)29-35-23-9-10-33-26(27(23)36-29)17-3-2-4-19(30)11-17/h2-4,7-14,16,34H,1,5-6H2,(H,35,36)(H,37,38). The smallest absolute Gasteiger partial charge is 0.159 e. The van der Waals surface area contributed by atoms with Crippen LogP contribution in [0.25, 0.3) is 55.8 Å². The van der Waals surface area contributed by atoms with E-state index in [9.17, 15) is 4.39 Å². The van der Waals surface area contributed by atoms with E-state index in [2.05, 4.69) is 37.0 Å². The van der Waals surface area contributed by atoms with Crippen LogP contribution in [0.4, 0.5) is 14.5 Å². The summed E-state index contributed by atoms with van der Waals surface area (Å²) in [7, 11) is 0. The van der Waals surface area contributed by atoms with Gasteiger partial charge in [0.2, 0.25) is 0 Å². The number of anilines is 1. The van der Waals surface area contributed by atoms with Crippen LogP contribution < -0.4 is 5.32 Å². The third-order valence-electron chi connectivity index (χ3n) is 6.81. The summed E-state index contributed by atoms with van der Waals surface area (Å²) in [5, 5.41) is 10.9. The van der Waals surface area contributed by atoms with Crippen molar-refractivity contribution in [2.75, 3.05) is 5.32 Å². The zero-order chi connectivity index (χ0) is 25.8. The van der Waals surface area contributed by atoms with Crippen LogP contribution in [0.5, 0.6) is 0 Å². The van der Waals surface area contributed by atoms with Gasteiger partial charge in [0.05, 0.1) is 34.0 Å². The number of H-pyrrole nitrogens is 2. The lowest BCUT2D eigenvalue weighted by Gasteiger charge is -2.10. The molecular formula is C29H21F2N7. The lowest BCUT2D eigenvalue weighted by molar-refractivity contribution is 0.628. The van der Waals surface area contributed by atoms with Gasteiger partial charge in [-0.05, 0) is 55.2 Å². The van der Waals surface area contributed by atoms with E-state index in [0.29, 0.717) is 61.8 Å². The monoisotopic (exact) mass is 505 g/mol. The van der Waals surface area contributed by atoms with Gasteiger partial charge in [-0.3, -0.25) is 15.1 Å². The Hall–Kier alpha value is -4.92. The first kappa shape index (κ1) is 22.3. The summed E-state index contributed by atoms with van der Waals surface area (Å²) in [6.07, 6.45) is 7.23. The highest BCUT2D eigenvalue weighted by Crippen LogP contribution is 2.37. The van der Waals surface area contributed by atoms with Crippen LogP contribution >= 0.6 is 0 Å². The van der Waals surface area contributed by atoms with E-state index < -0.39 is 5.82 Å². The van der Waals surface area contributed by atoms with Gasteiger partial charge in [-0.15, -0.1) is 0 Å². The van der Waals surface area contributed by atoms with E-state index in [4.69, 9.17) is 4.98 Å². The molecule has 0 spiro atoms. The summed E-state index contributed by atoms with van der Waals surface area (Å²) in [6.45, 7) is 4.10.